The summed E-state index contributed by atoms with van der Waals surface area (Å²) in [4.78, 5) is 0. The average molecular weight is 273 g/mol. The van der Waals surface area contributed by atoms with E-state index in [4.69, 9.17) is 4.74 Å². The zero-order valence-electron chi connectivity index (χ0n) is 12.8. The summed E-state index contributed by atoms with van der Waals surface area (Å²) in [5.41, 5.74) is 2.83. The lowest BCUT2D eigenvalue weighted by atomic mass is 9.80. The summed E-state index contributed by atoms with van der Waals surface area (Å²) in [5, 5.41) is 3.77. The molecule has 2 aliphatic rings. The van der Waals surface area contributed by atoms with Crippen molar-refractivity contribution in [2.75, 3.05) is 13.2 Å². The monoisotopic (exact) mass is 273 g/mol. The fraction of sp³-hybridized carbons (Fsp3) is 0.667. The Kier molecular flexibility index (Phi) is 4.30. The molecular weight excluding hydrogens is 246 g/mol. The zero-order chi connectivity index (χ0) is 13.9. The molecule has 0 saturated heterocycles. The van der Waals surface area contributed by atoms with E-state index in [9.17, 15) is 0 Å². The van der Waals surface area contributed by atoms with Gasteiger partial charge in [-0.1, -0.05) is 26.0 Å². The van der Waals surface area contributed by atoms with Gasteiger partial charge < -0.3 is 10.1 Å². The fourth-order valence-corrected chi connectivity index (χ4v) is 3.93. The van der Waals surface area contributed by atoms with Gasteiger partial charge in [-0.15, -0.1) is 0 Å². The molecule has 1 aliphatic heterocycles. The summed E-state index contributed by atoms with van der Waals surface area (Å²) < 4.78 is 5.56. The quantitative estimate of drug-likeness (QED) is 0.905. The molecule has 2 atom stereocenters. The summed E-state index contributed by atoms with van der Waals surface area (Å²) in [6, 6.07) is 7.42. The minimum atomic E-state index is 0.728. The molecule has 2 unspecified atom stereocenters. The van der Waals surface area contributed by atoms with Crippen molar-refractivity contribution in [2.24, 2.45) is 11.8 Å². The molecule has 110 valence electrons. The lowest BCUT2D eigenvalue weighted by molar-refractivity contribution is 0.240. The van der Waals surface area contributed by atoms with E-state index in [-0.39, 0.29) is 0 Å². The molecule has 0 bridgehead atoms. The third-order valence-electron chi connectivity index (χ3n) is 4.78. The SMILES string of the molecule is CC1CC(C)CC(NCCc2ccc3c(c2)CCO3)C1. The van der Waals surface area contributed by atoms with Crippen LogP contribution in [0.3, 0.4) is 0 Å². The van der Waals surface area contributed by atoms with Crippen LogP contribution in [0.15, 0.2) is 18.2 Å². The lowest BCUT2D eigenvalue weighted by Crippen LogP contribution is -2.37. The van der Waals surface area contributed by atoms with Crippen molar-refractivity contribution in [3.05, 3.63) is 29.3 Å². The van der Waals surface area contributed by atoms with Gasteiger partial charge in [-0.2, -0.15) is 0 Å². The maximum absolute atomic E-state index is 5.56. The maximum Gasteiger partial charge on any atom is 0.122 e. The Labute approximate surface area is 122 Å². The molecule has 20 heavy (non-hydrogen) atoms. The third-order valence-corrected chi connectivity index (χ3v) is 4.78. The molecule has 0 aromatic heterocycles. The molecule has 1 saturated carbocycles. The second-order valence-electron chi connectivity index (χ2n) is 6.86. The van der Waals surface area contributed by atoms with Crippen molar-refractivity contribution in [3.8, 4) is 5.75 Å². The summed E-state index contributed by atoms with van der Waals surface area (Å²) in [6.07, 6.45) is 6.31. The normalized spacial score (nSPS) is 29.0. The lowest BCUT2D eigenvalue weighted by Gasteiger charge is -2.32. The van der Waals surface area contributed by atoms with E-state index < -0.39 is 0 Å². The van der Waals surface area contributed by atoms with Gasteiger partial charge in [0.15, 0.2) is 0 Å². The van der Waals surface area contributed by atoms with Gasteiger partial charge in [-0.3, -0.25) is 0 Å². The highest BCUT2D eigenvalue weighted by atomic mass is 16.5. The predicted octanol–water partition coefficient (Wildman–Crippen LogP) is 3.58. The van der Waals surface area contributed by atoms with Gasteiger partial charge in [0, 0.05) is 12.5 Å². The van der Waals surface area contributed by atoms with Crippen LogP contribution in [0.25, 0.3) is 0 Å². The topological polar surface area (TPSA) is 21.3 Å². The van der Waals surface area contributed by atoms with Gasteiger partial charge >= 0.3 is 0 Å². The highest BCUT2D eigenvalue weighted by molar-refractivity contribution is 5.39. The first-order valence-corrected chi connectivity index (χ1v) is 8.18. The minimum absolute atomic E-state index is 0.728. The Morgan fingerprint density at radius 3 is 2.75 bits per heavy atom. The van der Waals surface area contributed by atoms with Crippen LogP contribution in [0, 0.1) is 11.8 Å². The fourth-order valence-electron chi connectivity index (χ4n) is 3.93. The highest BCUT2D eigenvalue weighted by Gasteiger charge is 2.23. The molecular formula is C18H27NO. The van der Waals surface area contributed by atoms with Crippen LogP contribution in [0.1, 0.15) is 44.2 Å². The Morgan fingerprint density at radius 2 is 1.95 bits per heavy atom. The van der Waals surface area contributed by atoms with Gasteiger partial charge in [0.25, 0.3) is 0 Å². The zero-order valence-corrected chi connectivity index (χ0v) is 12.8. The standard InChI is InChI=1S/C18H27NO/c1-13-9-14(2)11-17(10-13)19-7-5-15-3-4-18-16(12-15)6-8-20-18/h3-4,12-14,17,19H,5-11H2,1-2H3. The number of hydrogen-bond donors (Lipinski definition) is 1. The molecule has 1 heterocycles. The van der Waals surface area contributed by atoms with E-state index in [2.05, 4.69) is 37.4 Å². The predicted molar refractivity (Wildman–Crippen MR) is 83.3 cm³/mol. The summed E-state index contributed by atoms with van der Waals surface area (Å²) in [7, 11) is 0. The molecule has 2 nitrogen and oxygen atoms in total. The Hall–Kier alpha value is -1.02. The third kappa shape index (κ3) is 3.35. The van der Waals surface area contributed by atoms with E-state index in [1.807, 2.05) is 0 Å². The smallest absolute Gasteiger partial charge is 0.122 e. The second-order valence-corrected chi connectivity index (χ2v) is 6.86. The molecule has 1 aromatic rings. The van der Waals surface area contributed by atoms with Crippen LogP contribution in [0.2, 0.25) is 0 Å². The van der Waals surface area contributed by atoms with E-state index in [1.165, 1.54) is 30.4 Å². The van der Waals surface area contributed by atoms with Gasteiger partial charge in [-0.05, 0) is 61.3 Å². The van der Waals surface area contributed by atoms with Gasteiger partial charge in [0.05, 0.1) is 6.61 Å². The van der Waals surface area contributed by atoms with Gasteiger partial charge in [0.1, 0.15) is 5.75 Å². The van der Waals surface area contributed by atoms with Crippen LogP contribution < -0.4 is 10.1 Å². The van der Waals surface area contributed by atoms with Crippen LogP contribution in [-0.2, 0) is 12.8 Å². The summed E-state index contributed by atoms with van der Waals surface area (Å²) in [6.45, 7) is 6.74. The second kappa shape index (κ2) is 6.17. The molecule has 0 radical (unpaired) electrons. The van der Waals surface area contributed by atoms with Crippen molar-refractivity contribution in [1.29, 1.82) is 0 Å². The summed E-state index contributed by atoms with van der Waals surface area (Å²) in [5.74, 6) is 2.86. The van der Waals surface area contributed by atoms with Gasteiger partial charge in [-0.25, -0.2) is 0 Å². The highest BCUT2D eigenvalue weighted by Crippen LogP contribution is 2.29. The molecule has 1 N–H and O–H groups in total. The minimum Gasteiger partial charge on any atom is -0.493 e. The average Bonchev–Trinajstić information content (AvgIpc) is 2.85. The van der Waals surface area contributed by atoms with Crippen molar-refractivity contribution in [1.82, 2.24) is 5.32 Å². The van der Waals surface area contributed by atoms with E-state index in [1.54, 1.807) is 0 Å². The first-order chi connectivity index (χ1) is 9.70. The number of ether oxygens (including phenoxy) is 1. The van der Waals surface area contributed by atoms with Crippen LogP contribution >= 0.6 is 0 Å². The Balaban J connectivity index is 1.48. The van der Waals surface area contributed by atoms with Crippen LogP contribution in [0.4, 0.5) is 0 Å². The number of benzene rings is 1. The first kappa shape index (κ1) is 13.9. The van der Waals surface area contributed by atoms with Crippen molar-refractivity contribution in [3.63, 3.8) is 0 Å². The molecule has 3 rings (SSSR count). The molecule has 1 aromatic carbocycles. The largest absolute Gasteiger partial charge is 0.493 e. The van der Waals surface area contributed by atoms with Gasteiger partial charge in [0.2, 0.25) is 0 Å². The maximum atomic E-state index is 5.56. The Morgan fingerprint density at radius 1 is 1.15 bits per heavy atom. The number of rotatable bonds is 4. The van der Waals surface area contributed by atoms with E-state index in [0.29, 0.717) is 0 Å². The van der Waals surface area contributed by atoms with Crippen molar-refractivity contribution in [2.45, 2.75) is 52.0 Å². The molecule has 0 amide bonds. The molecule has 0 spiro atoms. The molecule has 1 fully saturated rings. The molecule has 2 heteroatoms. The summed E-state index contributed by atoms with van der Waals surface area (Å²) >= 11 is 0. The van der Waals surface area contributed by atoms with E-state index in [0.717, 1.165) is 49.6 Å². The number of nitrogens with one attached hydrogen (secondary N) is 1. The van der Waals surface area contributed by atoms with Crippen molar-refractivity contribution >= 4 is 0 Å². The van der Waals surface area contributed by atoms with E-state index >= 15 is 0 Å². The number of fused-ring (bicyclic) bond motifs is 1. The van der Waals surface area contributed by atoms with Crippen molar-refractivity contribution < 1.29 is 4.74 Å². The molecule has 1 aliphatic carbocycles. The Bertz CT molecular complexity index is 447. The van der Waals surface area contributed by atoms with Crippen LogP contribution in [0.5, 0.6) is 5.75 Å². The first-order valence-electron chi connectivity index (χ1n) is 8.18. The number of hydrogen-bond acceptors (Lipinski definition) is 2. The van der Waals surface area contributed by atoms with Crippen LogP contribution in [-0.4, -0.2) is 19.2 Å².